The Bertz CT molecular complexity index is 988. The molecule has 1 heterocycles. The van der Waals surface area contributed by atoms with Crippen LogP contribution in [-0.2, 0) is 16.4 Å². The molecule has 3 rings (SSSR count). The summed E-state index contributed by atoms with van der Waals surface area (Å²) in [4.78, 5) is 3.43. The highest BCUT2D eigenvalue weighted by atomic mass is 35.5. The Morgan fingerprint density at radius 2 is 1.82 bits per heavy atom. The van der Waals surface area contributed by atoms with Gasteiger partial charge in [0, 0.05) is 22.8 Å². The van der Waals surface area contributed by atoms with Crippen molar-refractivity contribution in [1.82, 2.24) is 10.3 Å². The van der Waals surface area contributed by atoms with Crippen molar-refractivity contribution in [3.05, 3.63) is 54.2 Å². The lowest BCUT2D eigenvalue weighted by atomic mass is 10.1. The van der Waals surface area contributed by atoms with Gasteiger partial charge in [-0.3, -0.25) is 4.72 Å². The zero-order chi connectivity index (χ0) is 18.6. The Morgan fingerprint density at radius 3 is 2.46 bits per heavy atom. The molecule has 9 heteroatoms. The fourth-order valence-corrected chi connectivity index (χ4v) is 3.88. The topological polar surface area (TPSA) is 115 Å². The van der Waals surface area contributed by atoms with E-state index in [1.54, 1.807) is 42.5 Å². The number of H-pyrrole nitrogens is 1. The van der Waals surface area contributed by atoms with Crippen LogP contribution >= 0.6 is 12.4 Å². The zero-order valence-corrected chi connectivity index (χ0v) is 17.4. The van der Waals surface area contributed by atoms with Crippen LogP contribution < -0.4 is 14.8 Å². The molecule has 0 saturated carbocycles. The van der Waals surface area contributed by atoms with Gasteiger partial charge in [-0.25, -0.2) is 8.42 Å². The minimum absolute atomic E-state index is 0. The smallest absolute Gasteiger partial charge is 0.261 e. The molecule has 2 aromatic carbocycles. The number of hydrogen-bond acceptors (Lipinski definition) is 4. The first-order chi connectivity index (χ1) is 12.5. The largest absolute Gasteiger partial charge is 0.494 e. The first-order valence-corrected chi connectivity index (χ1v) is 10.0. The predicted molar refractivity (Wildman–Crippen MR) is 115 cm³/mol. The summed E-state index contributed by atoms with van der Waals surface area (Å²) in [6.45, 7) is 3.30. The zero-order valence-electron chi connectivity index (χ0n) is 15.8. The van der Waals surface area contributed by atoms with Crippen molar-refractivity contribution in [2.75, 3.05) is 24.9 Å². The molecule has 1 aromatic heterocycles. The van der Waals surface area contributed by atoms with Gasteiger partial charge in [-0.05, 0) is 75.0 Å². The second kappa shape index (κ2) is 10.3. The minimum Gasteiger partial charge on any atom is -0.494 e. The lowest BCUT2D eigenvalue weighted by molar-refractivity contribution is 0.340. The summed E-state index contributed by atoms with van der Waals surface area (Å²) in [7, 11) is -1.77. The molecule has 0 amide bonds. The maximum Gasteiger partial charge on any atom is 0.261 e. The van der Waals surface area contributed by atoms with E-state index in [4.69, 9.17) is 4.74 Å². The average molecular weight is 428 g/mol. The Hall–Kier alpha value is -2.26. The Morgan fingerprint density at radius 1 is 1.11 bits per heavy atom. The predicted octanol–water partition coefficient (Wildman–Crippen LogP) is 2.73. The fraction of sp³-hybridized carbons (Fsp3) is 0.263. The van der Waals surface area contributed by atoms with Crippen molar-refractivity contribution < 1.29 is 18.6 Å². The number of hydrogen-bond donors (Lipinski definition) is 3. The van der Waals surface area contributed by atoms with E-state index in [-0.39, 0.29) is 22.8 Å². The van der Waals surface area contributed by atoms with E-state index in [0.717, 1.165) is 29.4 Å². The summed E-state index contributed by atoms with van der Waals surface area (Å²) in [5.41, 5.74) is 2.52. The van der Waals surface area contributed by atoms with Crippen LogP contribution in [-0.4, -0.2) is 39.1 Å². The SMILES string of the molecule is CCOc1ccc(NS(=O)(=O)c2ccc3[nH]cc(CCNC)c3c2)cc1.Cl.O. The van der Waals surface area contributed by atoms with Crippen LogP contribution in [0.3, 0.4) is 0 Å². The summed E-state index contributed by atoms with van der Waals surface area (Å²) in [5, 5.41) is 4.03. The molecule has 0 atom stereocenters. The van der Waals surface area contributed by atoms with Gasteiger partial charge in [0.2, 0.25) is 0 Å². The van der Waals surface area contributed by atoms with E-state index in [2.05, 4.69) is 15.0 Å². The number of halogens is 1. The van der Waals surface area contributed by atoms with Crippen molar-refractivity contribution in [2.24, 2.45) is 0 Å². The number of aromatic nitrogens is 1. The van der Waals surface area contributed by atoms with E-state index < -0.39 is 10.0 Å². The molecule has 7 nitrogen and oxygen atoms in total. The van der Waals surface area contributed by atoms with Gasteiger partial charge in [0.25, 0.3) is 10.0 Å². The molecule has 154 valence electrons. The molecular weight excluding hydrogens is 402 g/mol. The maximum absolute atomic E-state index is 12.7. The van der Waals surface area contributed by atoms with Crippen LogP contribution in [0.4, 0.5) is 5.69 Å². The number of benzene rings is 2. The van der Waals surface area contributed by atoms with Crippen molar-refractivity contribution in [3.8, 4) is 5.75 Å². The molecule has 0 unspecified atom stereocenters. The molecule has 3 aromatic rings. The standard InChI is InChI=1S/C19H23N3O3S.ClH.H2O/c1-3-25-16-6-4-15(5-7-16)22-26(23,24)17-8-9-19-18(12-17)14(13-21-19)10-11-20-2;;/h4-9,12-13,20-22H,3,10-11H2,1-2H3;1H;1H2. The van der Waals surface area contributed by atoms with Crippen molar-refractivity contribution in [1.29, 1.82) is 0 Å². The summed E-state index contributed by atoms with van der Waals surface area (Å²) < 4.78 is 33.5. The molecule has 28 heavy (non-hydrogen) atoms. The van der Waals surface area contributed by atoms with Crippen LogP contribution in [0.25, 0.3) is 10.9 Å². The fourth-order valence-electron chi connectivity index (χ4n) is 2.79. The second-order valence-corrected chi connectivity index (χ2v) is 7.62. The number of likely N-dealkylation sites (N-methyl/N-ethyl adjacent to an activating group) is 1. The van der Waals surface area contributed by atoms with Gasteiger partial charge in [0.15, 0.2) is 0 Å². The second-order valence-electron chi connectivity index (χ2n) is 5.94. The van der Waals surface area contributed by atoms with Crippen LogP contribution in [0.5, 0.6) is 5.75 Å². The Balaban J connectivity index is 0.00000196. The third-order valence-corrected chi connectivity index (χ3v) is 5.49. The third-order valence-electron chi connectivity index (χ3n) is 4.11. The average Bonchev–Trinajstić information content (AvgIpc) is 3.04. The van der Waals surface area contributed by atoms with Crippen molar-refractivity contribution in [3.63, 3.8) is 0 Å². The molecule has 0 bridgehead atoms. The molecule has 0 aliphatic heterocycles. The normalized spacial score (nSPS) is 10.8. The van der Waals surface area contributed by atoms with E-state index in [0.29, 0.717) is 18.0 Å². The van der Waals surface area contributed by atoms with Gasteiger partial charge in [0.05, 0.1) is 11.5 Å². The maximum atomic E-state index is 12.7. The molecule has 0 radical (unpaired) electrons. The van der Waals surface area contributed by atoms with Gasteiger partial charge in [0.1, 0.15) is 5.75 Å². The monoisotopic (exact) mass is 427 g/mol. The first kappa shape index (κ1) is 23.8. The third kappa shape index (κ3) is 5.39. The number of rotatable bonds is 8. The van der Waals surface area contributed by atoms with Crippen LogP contribution in [0, 0.1) is 0 Å². The molecular formula is C19H26ClN3O4S. The molecule has 0 fully saturated rings. The number of aromatic amines is 1. The number of ether oxygens (including phenoxy) is 1. The quantitative estimate of drug-likeness (QED) is 0.512. The highest BCUT2D eigenvalue weighted by Crippen LogP contribution is 2.25. The van der Waals surface area contributed by atoms with Crippen LogP contribution in [0.15, 0.2) is 53.6 Å². The van der Waals surface area contributed by atoms with Gasteiger partial charge >= 0.3 is 0 Å². The number of anilines is 1. The van der Waals surface area contributed by atoms with Gasteiger partial charge in [-0.2, -0.15) is 0 Å². The molecule has 0 aliphatic rings. The minimum atomic E-state index is -3.67. The summed E-state index contributed by atoms with van der Waals surface area (Å²) >= 11 is 0. The number of fused-ring (bicyclic) bond motifs is 1. The molecule has 0 aliphatic carbocycles. The van der Waals surface area contributed by atoms with Crippen LogP contribution in [0.2, 0.25) is 0 Å². The lowest BCUT2D eigenvalue weighted by Gasteiger charge is -2.10. The van der Waals surface area contributed by atoms with Gasteiger partial charge in [-0.1, -0.05) is 0 Å². The van der Waals surface area contributed by atoms with E-state index >= 15 is 0 Å². The van der Waals surface area contributed by atoms with Gasteiger partial charge in [-0.15, -0.1) is 12.4 Å². The molecule has 5 N–H and O–H groups in total. The molecule has 0 saturated heterocycles. The van der Waals surface area contributed by atoms with Crippen LogP contribution in [0.1, 0.15) is 12.5 Å². The highest BCUT2D eigenvalue weighted by Gasteiger charge is 2.16. The summed E-state index contributed by atoms with van der Waals surface area (Å²) in [5.74, 6) is 0.707. The van der Waals surface area contributed by atoms with E-state index in [1.165, 1.54) is 0 Å². The number of sulfonamides is 1. The van der Waals surface area contributed by atoms with Crippen molar-refractivity contribution in [2.45, 2.75) is 18.2 Å². The van der Waals surface area contributed by atoms with E-state index in [1.807, 2.05) is 20.2 Å². The summed E-state index contributed by atoms with van der Waals surface area (Å²) in [6, 6.07) is 12.0. The summed E-state index contributed by atoms with van der Waals surface area (Å²) in [6.07, 6.45) is 2.75. The molecule has 0 spiro atoms. The van der Waals surface area contributed by atoms with Crippen molar-refractivity contribution >= 4 is 39.0 Å². The Labute approximate surface area is 171 Å². The Kier molecular flexibility index (Phi) is 8.77. The van der Waals surface area contributed by atoms with E-state index in [9.17, 15) is 8.42 Å². The highest BCUT2D eigenvalue weighted by molar-refractivity contribution is 7.92. The number of nitrogens with one attached hydrogen (secondary N) is 3. The first-order valence-electron chi connectivity index (χ1n) is 8.54. The van der Waals surface area contributed by atoms with Gasteiger partial charge < -0.3 is 20.5 Å². The lowest BCUT2D eigenvalue weighted by Crippen LogP contribution is -2.13.